The first-order valence-corrected chi connectivity index (χ1v) is 8.36. The lowest BCUT2D eigenvalue weighted by Gasteiger charge is -2.12. The van der Waals surface area contributed by atoms with Crippen LogP contribution in [0, 0.1) is 0 Å². The van der Waals surface area contributed by atoms with Gasteiger partial charge < -0.3 is 9.73 Å². The predicted molar refractivity (Wildman–Crippen MR) is 91.8 cm³/mol. The second-order valence-electron chi connectivity index (χ2n) is 4.82. The maximum Gasteiger partial charge on any atom is 0.259 e. The number of pyridine rings is 1. The van der Waals surface area contributed by atoms with Gasteiger partial charge in [-0.15, -0.1) is 0 Å². The van der Waals surface area contributed by atoms with E-state index in [0.29, 0.717) is 33.6 Å². The molecular formula is C16H14ClN3O2S. The summed E-state index contributed by atoms with van der Waals surface area (Å²) in [6.07, 6.45) is 2.30. The number of hydrogen-bond acceptors (Lipinski definition) is 5. The summed E-state index contributed by atoms with van der Waals surface area (Å²) in [6.45, 7) is 1.94. The van der Waals surface area contributed by atoms with Crippen LogP contribution in [0.3, 0.4) is 0 Å². The van der Waals surface area contributed by atoms with E-state index in [2.05, 4.69) is 15.3 Å². The second kappa shape index (κ2) is 7.02. The van der Waals surface area contributed by atoms with Gasteiger partial charge in [-0.1, -0.05) is 36.4 Å². The van der Waals surface area contributed by atoms with Crippen LogP contribution in [0.2, 0.25) is 5.02 Å². The number of benzene rings is 1. The monoisotopic (exact) mass is 347 g/mol. The maximum absolute atomic E-state index is 12.4. The Morgan fingerprint density at radius 2 is 2.26 bits per heavy atom. The van der Waals surface area contributed by atoms with E-state index in [1.165, 1.54) is 11.8 Å². The van der Waals surface area contributed by atoms with Crippen molar-refractivity contribution in [3.8, 4) is 0 Å². The average Bonchev–Trinajstić information content (AvgIpc) is 2.95. The topological polar surface area (TPSA) is 68.0 Å². The van der Waals surface area contributed by atoms with Crippen LogP contribution >= 0.6 is 23.4 Å². The molecule has 0 aliphatic carbocycles. The predicted octanol–water partition coefficient (Wildman–Crippen LogP) is 4.39. The highest BCUT2D eigenvalue weighted by atomic mass is 35.5. The minimum absolute atomic E-state index is 0.116. The second-order valence-corrected chi connectivity index (χ2v) is 6.41. The molecule has 0 fully saturated rings. The minimum Gasteiger partial charge on any atom is -0.430 e. The molecule has 0 aliphatic heterocycles. The summed E-state index contributed by atoms with van der Waals surface area (Å²) in [4.78, 5) is 20.8. The summed E-state index contributed by atoms with van der Waals surface area (Å²) >= 11 is 7.21. The summed E-state index contributed by atoms with van der Waals surface area (Å²) < 4.78 is 5.61. The number of anilines is 1. The standard InChI is InChI=1S/C16H14ClN3O2S/c1-2-13(15(21)19-11-6-3-5-10(17)9-11)23-16-20-14-12(22-16)7-4-8-18-14/h3-9,13H,2H2,1H3,(H,19,21)/t13-/m0/s1. The Kier molecular flexibility index (Phi) is 4.83. The quantitative estimate of drug-likeness (QED) is 0.693. The Morgan fingerprint density at radius 3 is 3.00 bits per heavy atom. The molecule has 23 heavy (non-hydrogen) atoms. The number of fused-ring (bicyclic) bond motifs is 1. The summed E-state index contributed by atoms with van der Waals surface area (Å²) in [5.74, 6) is -0.116. The van der Waals surface area contributed by atoms with Crippen LogP contribution in [0.25, 0.3) is 11.2 Å². The molecule has 1 amide bonds. The van der Waals surface area contributed by atoms with Gasteiger partial charge in [0.25, 0.3) is 5.22 Å². The van der Waals surface area contributed by atoms with Gasteiger partial charge in [-0.3, -0.25) is 4.79 Å². The normalized spacial score (nSPS) is 12.3. The molecule has 0 aliphatic rings. The van der Waals surface area contributed by atoms with Crippen LogP contribution in [-0.4, -0.2) is 21.1 Å². The number of halogens is 1. The Balaban J connectivity index is 1.72. The van der Waals surface area contributed by atoms with Gasteiger partial charge in [0.2, 0.25) is 5.91 Å². The molecule has 1 aromatic carbocycles. The third kappa shape index (κ3) is 3.83. The van der Waals surface area contributed by atoms with E-state index in [1.807, 2.05) is 6.92 Å². The lowest BCUT2D eigenvalue weighted by molar-refractivity contribution is -0.115. The highest BCUT2D eigenvalue weighted by Crippen LogP contribution is 2.28. The van der Waals surface area contributed by atoms with Gasteiger partial charge in [0.05, 0.1) is 5.25 Å². The summed E-state index contributed by atoms with van der Waals surface area (Å²) in [6, 6.07) is 10.6. The van der Waals surface area contributed by atoms with E-state index >= 15 is 0 Å². The van der Waals surface area contributed by atoms with Crippen molar-refractivity contribution < 1.29 is 9.21 Å². The van der Waals surface area contributed by atoms with Gasteiger partial charge in [-0.2, -0.15) is 4.98 Å². The van der Waals surface area contributed by atoms with Gasteiger partial charge in [0.1, 0.15) is 0 Å². The first kappa shape index (κ1) is 15.8. The van der Waals surface area contributed by atoms with Crippen molar-refractivity contribution >= 4 is 46.2 Å². The van der Waals surface area contributed by atoms with Crippen molar-refractivity contribution in [2.75, 3.05) is 5.32 Å². The molecular weight excluding hydrogens is 334 g/mol. The van der Waals surface area contributed by atoms with E-state index in [0.717, 1.165) is 0 Å². The number of carbonyl (C=O) groups excluding carboxylic acids is 1. The number of hydrogen-bond donors (Lipinski definition) is 1. The fraction of sp³-hybridized carbons (Fsp3) is 0.188. The SMILES string of the molecule is CC[C@H](Sc1nc2ncccc2o1)C(=O)Nc1cccc(Cl)c1. The van der Waals surface area contributed by atoms with Crippen LogP contribution in [-0.2, 0) is 4.79 Å². The zero-order valence-corrected chi connectivity index (χ0v) is 13.9. The first-order valence-electron chi connectivity index (χ1n) is 7.10. The highest BCUT2D eigenvalue weighted by Gasteiger charge is 2.21. The molecule has 2 heterocycles. The molecule has 2 aromatic heterocycles. The van der Waals surface area contributed by atoms with Crippen molar-refractivity contribution in [2.24, 2.45) is 0 Å². The van der Waals surface area contributed by atoms with Crippen molar-refractivity contribution in [3.63, 3.8) is 0 Å². The molecule has 7 heteroatoms. The van der Waals surface area contributed by atoms with Crippen LogP contribution in [0.4, 0.5) is 5.69 Å². The third-order valence-corrected chi connectivity index (χ3v) is 4.59. The zero-order chi connectivity index (χ0) is 16.2. The number of nitrogens with zero attached hydrogens (tertiary/aromatic N) is 2. The lowest BCUT2D eigenvalue weighted by Crippen LogP contribution is -2.24. The van der Waals surface area contributed by atoms with E-state index in [9.17, 15) is 4.79 Å². The van der Waals surface area contributed by atoms with Gasteiger partial charge in [-0.25, -0.2) is 4.98 Å². The Bertz CT molecular complexity index is 804. The number of amides is 1. The third-order valence-electron chi connectivity index (χ3n) is 3.14. The maximum atomic E-state index is 12.4. The summed E-state index contributed by atoms with van der Waals surface area (Å²) in [7, 11) is 0. The Morgan fingerprint density at radius 1 is 1.39 bits per heavy atom. The lowest BCUT2D eigenvalue weighted by atomic mass is 10.3. The number of carbonyl (C=O) groups is 1. The minimum atomic E-state index is -0.318. The number of rotatable bonds is 5. The van der Waals surface area contributed by atoms with Gasteiger partial charge in [0.15, 0.2) is 11.2 Å². The largest absolute Gasteiger partial charge is 0.430 e. The molecule has 5 nitrogen and oxygen atoms in total. The molecule has 1 N–H and O–H groups in total. The fourth-order valence-corrected chi connectivity index (χ4v) is 3.08. The highest BCUT2D eigenvalue weighted by molar-refractivity contribution is 8.00. The van der Waals surface area contributed by atoms with Gasteiger partial charge in [-0.05, 0) is 36.8 Å². The molecule has 0 unspecified atom stereocenters. The van der Waals surface area contributed by atoms with Crippen molar-refractivity contribution in [1.82, 2.24) is 9.97 Å². The number of nitrogens with one attached hydrogen (secondary N) is 1. The molecule has 0 saturated heterocycles. The number of thioether (sulfide) groups is 1. The van der Waals surface area contributed by atoms with Gasteiger partial charge in [0, 0.05) is 16.9 Å². The summed E-state index contributed by atoms with van der Waals surface area (Å²) in [5, 5.41) is 3.56. The van der Waals surface area contributed by atoms with Crippen LogP contribution in [0.5, 0.6) is 0 Å². The smallest absolute Gasteiger partial charge is 0.259 e. The van der Waals surface area contributed by atoms with Gasteiger partial charge >= 0.3 is 0 Å². The molecule has 3 rings (SSSR count). The molecule has 1 atom stereocenters. The summed E-state index contributed by atoms with van der Waals surface area (Å²) in [5.41, 5.74) is 1.82. The van der Waals surface area contributed by atoms with E-state index in [1.54, 1.807) is 42.6 Å². The van der Waals surface area contributed by atoms with Crippen LogP contribution in [0.1, 0.15) is 13.3 Å². The van der Waals surface area contributed by atoms with Crippen LogP contribution in [0.15, 0.2) is 52.2 Å². The molecule has 0 saturated carbocycles. The van der Waals surface area contributed by atoms with E-state index < -0.39 is 0 Å². The van der Waals surface area contributed by atoms with Crippen LogP contribution < -0.4 is 5.32 Å². The molecule has 3 aromatic rings. The zero-order valence-electron chi connectivity index (χ0n) is 12.3. The number of aromatic nitrogens is 2. The van der Waals surface area contributed by atoms with E-state index in [-0.39, 0.29) is 11.2 Å². The molecule has 0 bridgehead atoms. The fourth-order valence-electron chi connectivity index (χ4n) is 2.03. The van der Waals surface area contributed by atoms with E-state index in [4.69, 9.17) is 16.0 Å². The van der Waals surface area contributed by atoms with Crippen molar-refractivity contribution in [2.45, 2.75) is 23.8 Å². The average molecular weight is 348 g/mol. The Labute approximate surface area is 142 Å². The van der Waals surface area contributed by atoms with Crippen molar-refractivity contribution in [3.05, 3.63) is 47.6 Å². The molecule has 118 valence electrons. The number of oxazole rings is 1. The Hall–Kier alpha value is -2.05. The van der Waals surface area contributed by atoms with Crippen molar-refractivity contribution in [1.29, 1.82) is 0 Å². The first-order chi connectivity index (χ1) is 11.2. The molecule has 0 radical (unpaired) electrons. The molecule has 0 spiro atoms.